The van der Waals surface area contributed by atoms with Crippen LogP contribution in [0.4, 0.5) is 0 Å². The lowest BCUT2D eigenvalue weighted by Gasteiger charge is -2.15. The second-order valence-corrected chi connectivity index (χ2v) is 7.86. The van der Waals surface area contributed by atoms with Crippen LogP contribution in [-0.2, 0) is 0 Å². The minimum atomic E-state index is 0. The summed E-state index contributed by atoms with van der Waals surface area (Å²) in [7, 11) is 0. The molecule has 0 unspecified atom stereocenters. The van der Waals surface area contributed by atoms with Gasteiger partial charge in [-0.3, -0.25) is 15.0 Å². The van der Waals surface area contributed by atoms with E-state index >= 15 is 0 Å². The largest absolute Gasteiger partial charge is 0.361 e. The maximum Gasteiger partial charge on any atom is 0.141 e. The van der Waals surface area contributed by atoms with Crippen LogP contribution in [0.3, 0.4) is 0 Å². The Labute approximate surface area is 188 Å². The molecule has 0 aliphatic rings. The van der Waals surface area contributed by atoms with Crippen molar-refractivity contribution in [2.75, 3.05) is 0 Å². The van der Waals surface area contributed by atoms with Crippen molar-refractivity contribution in [2.24, 2.45) is 0 Å². The Balaban J connectivity index is 0.00000245. The Kier molecular flexibility index (Phi) is 5.61. The molecule has 0 amide bonds. The molecular weight excluding hydrogens is 398 g/mol. The molecule has 0 aliphatic carbocycles. The van der Waals surface area contributed by atoms with Gasteiger partial charge in [0.05, 0.1) is 28.5 Å². The summed E-state index contributed by atoms with van der Waals surface area (Å²) in [5.74, 6) is 0.789. The summed E-state index contributed by atoms with van der Waals surface area (Å²) in [4.78, 5) is 13.9. The van der Waals surface area contributed by atoms with Crippen molar-refractivity contribution in [2.45, 2.75) is 41.2 Å². The van der Waals surface area contributed by atoms with Crippen molar-refractivity contribution in [3.8, 4) is 22.3 Å². The standard InChI is InChI=1S/C25H23N5O.CH4/c1-15-8-9-19(12-27-15)21-14-30(17(3)22-7-5-6-10-26-22)23-11-20(13-28-25(21)23)24-16(2)29-31-18(24)4;/h5-14,17H,1-4H3;1H4/t17-;/m0./s1. The zero-order valence-electron chi connectivity index (χ0n) is 18.0. The van der Waals surface area contributed by atoms with E-state index in [1.54, 1.807) is 0 Å². The zero-order valence-corrected chi connectivity index (χ0v) is 18.0. The van der Waals surface area contributed by atoms with Gasteiger partial charge in [0.15, 0.2) is 0 Å². The van der Waals surface area contributed by atoms with E-state index in [9.17, 15) is 0 Å². The van der Waals surface area contributed by atoms with Crippen LogP contribution in [0.15, 0.2) is 65.7 Å². The maximum atomic E-state index is 5.39. The lowest BCUT2D eigenvalue weighted by Crippen LogP contribution is -2.07. The van der Waals surface area contributed by atoms with Crippen molar-refractivity contribution in [3.63, 3.8) is 0 Å². The van der Waals surface area contributed by atoms with Gasteiger partial charge in [0.1, 0.15) is 5.76 Å². The number of hydrogen-bond donors (Lipinski definition) is 0. The molecule has 0 N–H and O–H groups in total. The SMILES string of the molecule is C.Cc1ccc(-c2cn([C@@H](C)c3ccccn3)c3cc(-c4c(C)noc4C)cnc23)cn1. The van der Waals surface area contributed by atoms with E-state index in [4.69, 9.17) is 9.51 Å². The molecule has 0 radical (unpaired) electrons. The minimum absolute atomic E-state index is 0. The van der Waals surface area contributed by atoms with Gasteiger partial charge in [-0.2, -0.15) is 0 Å². The first-order valence-corrected chi connectivity index (χ1v) is 10.3. The quantitative estimate of drug-likeness (QED) is 0.337. The topological polar surface area (TPSA) is 69.6 Å². The highest BCUT2D eigenvalue weighted by molar-refractivity contribution is 5.95. The van der Waals surface area contributed by atoms with Gasteiger partial charge >= 0.3 is 0 Å². The molecule has 0 bridgehead atoms. The lowest BCUT2D eigenvalue weighted by atomic mass is 10.0. The third-order valence-corrected chi connectivity index (χ3v) is 5.75. The second-order valence-electron chi connectivity index (χ2n) is 7.86. The molecule has 32 heavy (non-hydrogen) atoms. The van der Waals surface area contributed by atoms with E-state index in [1.165, 1.54) is 0 Å². The molecule has 0 saturated heterocycles. The molecule has 5 aromatic heterocycles. The first kappa shape index (κ1) is 21.4. The molecule has 6 nitrogen and oxygen atoms in total. The first-order valence-electron chi connectivity index (χ1n) is 10.3. The molecule has 0 aliphatic heterocycles. The molecule has 0 saturated carbocycles. The summed E-state index contributed by atoms with van der Waals surface area (Å²) >= 11 is 0. The number of hydrogen-bond acceptors (Lipinski definition) is 5. The molecule has 0 fully saturated rings. The first-order chi connectivity index (χ1) is 15.0. The van der Waals surface area contributed by atoms with Crippen LogP contribution < -0.4 is 0 Å². The van der Waals surface area contributed by atoms with Crippen LogP contribution in [0.25, 0.3) is 33.3 Å². The number of rotatable bonds is 4. The highest BCUT2D eigenvalue weighted by Crippen LogP contribution is 2.36. The Morgan fingerprint density at radius 3 is 2.41 bits per heavy atom. The normalized spacial score (nSPS) is 12.0. The Hall–Kier alpha value is -3.80. The van der Waals surface area contributed by atoms with E-state index in [-0.39, 0.29) is 13.5 Å². The number of nitrogens with zero attached hydrogens (tertiary/aromatic N) is 5. The molecular formula is C26H27N5O. The average Bonchev–Trinajstić information content (AvgIpc) is 3.33. The fourth-order valence-corrected chi connectivity index (χ4v) is 4.08. The summed E-state index contributed by atoms with van der Waals surface area (Å²) in [5.41, 5.74) is 8.89. The third kappa shape index (κ3) is 3.58. The van der Waals surface area contributed by atoms with Crippen LogP contribution in [0.1, 0.15) is 43.2 Å². The average molecular weight is 426 g/mol. The van der Waals surface area contributed by atoms with Gasteiger partial charge in [0.2, 0.25) is 0 Å². The summed E-state index contributed by atoms with van der Waals surface area (Å²) < 4.78 is 7.63. The fourth-order valence-electron chi connectivity index (χ4n) is 4.08. The minimum Gasteiger partial charge on any atom is -0.361 e. The number of aryl methyl sites for hydroxylation is 3. The summed E-state index contributed by atoms with van der Waals surface area (Å²) in [6.45, 7) is 8.03. The summed E-state index contributed by atoms with van der Waals surface area (Å²) in [5, 5.41) is 4.11. The van der Waals surface area contributed by atoms with Gasteiger partial charge in [0.25, 0.3) is 0 Å². The van der Waals surface area contributed by atoms with Crippen LogP contribution in [-0.4, -0.2) is 24.7 Å². The van der Waals surface area contributed by atoms with E-state index in [0.29, 0.717) is 0 Å². The molecule has 1 atom stereocenters. The smallest absolute Gasteiger partial charge is 0.141 e. The van der Waals surface area contributed by atoms with Gasteiger partial charge < -0.3 is 9.09 Å². The molecule has 0 spiro atoms. The van der Waals surface area contributed by atoms with Gasteiger partial charge in [-0.1, -0.05) is 24.7 Å². The number of pyridine rings is 3. The van der Waals surface area contributed by atoms with Gasteiger partial charge in [-0.05, 0) is 52.0 Å². The van der Waals surface area contributed by atoms with Crippen LogP contribution in [0, 0.1) is 20.8 Å². The lowest BCUT2D eigenvalue weighted by molar-refractivity contribution is 0.393. The molecule has 5 aromatic rings. The molecule has 6 heteroatoms. The van der Waals surface area contributed by atoms with Crippen molar-refractivity contribution in [3.05, 3.63) is 84.0 Å². The van der Waals surface area contributed by atoms with Crippen LogP contribution in [0.2, 0.25) is 0 Å². The highest BCUT2D eigenvalue weighted by Gasteiger charge is 2.20. The van der Waals surface area contributed by atoms with E-state index in [2.05, 4.69) is 51.0 Å². The van der Waals surface area contributed by atoms with Crippen LogP contribution >= 0.6 is 0 Å². The maximum absolute atomic E-state index is 5.39. The summed E-state index contributed by atoms with van der Waals surface area (Å²) in [6.07, 6.45) is 7.79. The molecule has 0 aromatic carbocycles. The van der Waals surface area contributed by atoms with Crippen molar-refractivity contribution < 1.29 is 4.52 Å². The molecule has 5 rings (SSSR count). The molecule has 162 valence electrons. The Morgan fingerprint density at radius 1 is 0.938 bits per heavy atom. The zero-order chi connectivity index (χ0) is 21.5. The number of aromatic nitrogens is 5. The monoisotopic (exact) mass is 425 g/mol. The highest BCUT2D eigenvalue weighted by atomic mass is 16.5. The van der Waals surface area contributed by atoms with E-state index < -0.39 is 0 Å². The van der Waals surface area contributed by atoms with Gasteiger partial charge in [0, 0.05) is 52.7 Å². The van der Waals surface area contributed by atoms with E-state index in [1.807, 2.05) is 57.6 Å². The van der Waals surface area contributed by atoms with Crippen molar-refractivity contribution >= 4 is 11.0 Å². The molecule has 5 heterocycles. The van der Waals surface area contributed by atoms with Gasteiger partial charge in [-0.25, -0.2) is 0 Å². The Morgan fingerprint density at radius 2 is 1.75 bits per heavy atom. The number of fused-ring (bicyclic) bond motifs is 1. The Bertz CT molecular complexity index is 1350. The van der Waals surface area contributed by atoms with Crippen molar-refractivity contribution in [1.29, 1.82) is 0 Å². The van der Waals surface area contributed by atoms with Crippen LogP contribution in [0.5, 0.6) is 0 Å². The second kappa shape index (κ2) is 8.38. The predicted octanol–water partition coefficient (Wildman–Crippen LogP) is 6.32. The predicted molar refractivity (Wildman–Crippen MR) is 127 cm³/mol. The van der Waals surface area contributed by atoms with Gasteiger partial charge in [-0.15, -0.1) is 0 Å². The summed E-state index contributed by atoms with van der Waals surface area (Å²) in [6, 6.07) is 12.3. The van der Waals surface area contributed by atoms with E-state index in [0.717, 1.165) is 56.1 Å². The van der Waals surface area contributed by atoms with Crippen molar-refractivity contribution in [1.82, 2.24) is 24.7 Å². The third-order valence-electron chi connectivity index (χ3n) is 5.75. The fraction of sp³-hybridized carbons (Fsp3) is 0.231.